The van der Waals surface area contributed by atoms with Gasteiger partial charge in [-0.15, -0.1) is 11.3 Å². The van der Waals surface area contributed by atoms with Crippen LogP contribution < -0.4 is 4.72 Å². The molecule has 0 spiro atoms. The first-order valence-corrected chi connectivity index (χ1v) is 7.78. The molecule has 80 valence electrons. The fourth-order valence-corrected chi connectivity index (χ4v) is 2.92. The lowest BCUT2D eigenvalue weighted by Gasteiger charge is -2.01. The van der Waals surface area contributed by atoms with Gasteiger partial charge in [0.1, 0.15) is 4.66 Å². The van der Waals surface area contributed by atoms with Gasteiger partial charge < -0.3 is 0 Å². The summed E-state index contributed by atoms with van der Waals surface area (Å²) >= 11 is 10.1. The van der Waals surface area contributed by atoms with Gasteiger partial charge in [0, 0.05) is 11.4 Å². The monoisotopic (exact) mass is 317 g/mol. The van der Waals surface area contributed by atoms with Gasteiger partial charge in [-0.2, -0.15) is 0 Å². The number of hydrogen-bond acceptors (Lipinski definition) is 3. The Bertz CT molecular complexity index is 390. The Morgan fingerprint density at radius 1 is 1.50 bits per heavy atom. The van der Waals surface area contributed by atoms with Crippen LogP contribution in [0, 0.1) is 0 Å². The summed E-state index contributed by atoms with van der Waals surface area (Å²) in [5.41, 5.74) is 0. The highest BCUT2D eigenvalue weighted by Gasteiger charge is 2.06. The summed E-state index contributed by atoms with van der Waals surface area (Å²) < 4.78 is 25.1. The molecule has 0 aliphatic carbocycles. The molecule has 0 radical (unpaired) electrons. The van der Waals surface area contributed by atoms with E-state index < -0.39 is 10.0 Å². The Kier molecular flexibility index (Phi) is 4.86. The Morgan fingerprint density at radius 3 is 2.71 bits per heavy atom. The SMILES string of the molecule is O=S(=O)(CBr)NCCc1ccc(Cl)s1. The van der Waals surface area contributed by atoms with Crippen molar-refractivity contribution in [1.29, 1.82) is 0 Å². The summed E-state index contributed by atoms with van der Waals surface area (Å²) in [5.74, 6) is 0. The number of sulfonamides is 1. The molecular weight excluding hydrogens is 310 g/mol. The van der Waals surface area contributed by atoms with E-state index in [2.05, 4.69) is 20.7 Å². The normalized spacial score (nSPS) is 11.9. The molecule has 0 bridgehead atoms. The predicted molar refractivity (Wildman–Crippen MR) is 63.7 cm³/mol. The van der Waals surface area contributed by atoms with Gasteiger partial charge in [-0.3, -0.25) is 0 Å². The third-order valence-corrected chi connectivity index (χ3v) is 5.50. The molecule has 14 heavy (non-hydrogen) atoms. The molecule has 1 aromatic heterocycles. The van der Waals surface area contributed by atoms with Crippen molar-refractivity contribution in [3.63, 3.8) is 0 Å². The first-order valence-electron chi connectivity index (χ1n) is 3.81. The zero-order valence-electron chi connectivity index (χ0n) is 7.16. The van der Waals surface area contributed by atoms with Gasteiger partial charge in [0.2, 0.25) is 10.0 Å². The van der Waals surface area contributed by atoms with Gasteiger partial charge in [0.15, 0.2) is 0 Å². The molecule has 1 N–H and O–H groups in total. The van der Waals surface area contributed by atoms with Crippen LogP contribution in [0.25, 0.3) is 0 Å². The van der Waals surface area contributed by atoms with Crippen LogP contribution in [0.2, 0.25) is 4.34 Å². The van der Waals surface area contributed by atoms with Crippen molar-refractivity contribution in [1.82, 2.24) is 4.72 Å². The Balaban J connectivity index is 2.36. The minimum Gasteiger partial charge on any atom is -0.214 e. The molecule has 0 aromatic carbocycles. The number of nitrogens with one attached hydrogen (secondary N) is 1. The molecule has 0 fully saturated rings. The molecule has 1 aromatic rings. The van der Waals surface area contributed by atoms with Gasteiger partial charge >= 0.3 is 0 Å². The fraction of sp³-hybridized carbons (Fsp3) is 0.429. The summed E-state index contributed by atoms with van der Waals surface area (Å²) in [6.07, 6.45) is 0.670. The number of thiophene rings is 1. The van der Waals surface area contributed by atoms with E-state index in [1.165, 1.54) is 11.3 Å². The van der Waals surface area contributed by atoms with Crippen LogP contribution in [0.5, 0.6) is 0 Å². The molecule has 0 saturated carbocycles. The minimum atomic E-state index is -3.14. The molecule has 0 unspecified atom stereocenters. The summed E-state index contributed by atoms with van der Waals surface area (Å²) in [5, 5.41) is 0. The van der Waals surface area contributed by atoms with E-state index in [1.807, 2.05) is 6.07 Å². The van der Waals surface area contributed by atoms with Gasteiger partial charge in [-0.1, -0.05) is 27.5 Å². The van der Waals surface area contributed by atoms with E-state index in [4.69, 9.17) is 11.6 Å². The zero-order chi connectivity index (χ0) is 10.6. The highest BCUT2D eigenvalue weighted by Crippen LogP contribution is 2.21. The van der Waals surface area contributed by atoms with E-state index in [1.54, 1.807) is 6.07 Å². The molecule has 7 heteroatoms. The van der Waals surface area contributed by atoms with E-state index in [0.29, 0.717) is 13.0 Å². The van der Waals surface area contributed by atoms with Crippen molar-refractivity contribution in [3.05, 3.63) is 21.3 Å². The third kappa shape index (κ3) is 4.27. The standard InChI is InChI=1S/C7H9BrClNO2S2/c8-5-14(11,12)10-4-3-6-1-2-7(9)13-6/h1-2,10H,3-5H2. The lowest BCUT2D eigenvalue weighted by atomic mass is 10.3. The summed E-state index contributed by atoms with van der Waals surface area (Å²) in [4.78, 5) is 1.08. The van der Waals surface area contributed by atoms with Gasteiger partial charge in [-0.25, -0.2) is 13.1 Å². The molecule has 0 saturated heterocycles. The van der Waals surface area contributed by atoms with E-state index in [-0.39, 0.29) is 4.66 Å². The van der Waals surface area contributed by atoms with E-state index >= 15 is 0 Å². The van der Waals surface area contributed by atoms with Crippen LogP contribution in [-0.2, 0) is 16.4 Å². The Morgan fingerprint density at radius 2 is 2.21 bits per heavy atom. The molecule has 1 heterocycles. The number of alkyl halides is 1. The Hall–Kier alpha value is 0.380. The highest BCUT2D eigenvalue weighted by molar-refractivity contribution is 9.10. The van der Waals surface area contributed by atoms with Gasteiger partial charge in [0.05, 0.1) is 4.34 Å². The smallest absolute Gasteiger partial charge is 0.214 e. The average molecular weight is 319 g/mol. The van der Waals surface area contributed by atoms with Crippen molar-refractivity contribution < 1.29 is 8.42 Å². The number of hydrogen-bond donors (Lipinski definition) is 1. The number of halogens is 2. The molecule has 0 amide bonds. The maximum Gasteiger partial charge on any atom is 0.221 e. The van der Waals surface area contributed by atoms with Crippen LogP contribution in [0.4, 0.5) is 0 Å². The minimum absolute atomic E-state index is 0.0643. The highest BCUT2D eigenvalue weighted by atomic mass is 79.9. The zero-order valence-corrected chi connectivity index (χ0v) is 11.1. The number of rotatable bonds is 5. The molecule has 0 atom stereocenters. The predicted octanol–water partition coefficient (Wildman–Crippen LogP) is 2.22. The van der Waals surface area contributed by atoms with Crippen molar-refractivity contribution in [3.8, 4) is 0 Å². The second kappa shape index (κ2) is 5.46. The molecular formula is C7H9BrClNO2S2. The Labute approximate surface area is 101 Å². The van der Waals surface area contributed by atoms with Gasteiger partial charge in [0.25, 0.3) is 0 Å². The first kappa shape index (κ1) is 12.4. The van der Waals surface area contributed by atoms with Gasteiger partial charge in [-0.05, 0) is 18.6 Å². The summed E-state index contributed by atoms with van der Waals surface area (Å²) in [6.45, 7) is 0.408. The first-order chi connectivity index (χ1) is 6.53. The fourth-order valence-electron chi connectivity index (χ4n) is 0.854. The maximum atomic E-state index is 11.0. The molecule has 0 aliphatic heterocycles. The second-order valence-corrected chi connectivity index (χ2v) is 7.48. The molecule has 1 rings (SSSR count). The third-order valence-electron chi connectivity index (χ3n) is 1.47. The van der Waals surface area contributed by atoms with E-state index in [9.17, 15) is 8.42 Å². The topological polar surface area (TPSA) is 46.2 Å². The largest absolute Gasteiger partial charge is 0.221 e. The van der Waals surface area contributed by atoms with Crippen molar-refractivity contribution in [2.45, 2.75) is 6.42 Å². The summed E-state index contributed by atoms with van der Waals surface area (Å²) in [6, 6.07) is 3.70. The summed E-state index contributed by atoms with van der Waals surface area (Å²) in [7, 11) is -3.14. The van der Waals surface area contributed by atoms with Crippen LogP contribution in [0.3, 0.4) is 0 Å². The van der Waals surface area contributed by atoms with E-state index in [0.717, 1.165) is 9.21 Å². The lowest BCUT2D eigenvalue weighted by molar-refractivity contribution is 0.587. The lowest BCUT2D eigenvalue weighted by Crippen LogP contribution is -2.26. The van der Waals surface area contributed by atoms with Crippen molar-refractivity contribution in [2.24, 2.45) is 0 Å². The molecule has 3 nitrogen and oxygen atoms in total. The second-order valence-electron chi connectivity index (χ2n) is 2.57. The molecule has 0 aliphatic rings. The van der Waals surface area contributed by atoms with Crippen LogP contribution in [0.15, 0.2) is 12.1 Å². The van der Waals surface area contributed by atoms with Crippen molar-refractivity contribution >= 4 is 48.9 Å². The maximum absolute atomic E-state index is 11.0. The average Bonchev–Trinajstić information content (AvgIpc) is 2.51. The van der Waals surface area contributed by atoms with Crippen LogP contribution in [-0.4, -0.2) is 19.6 Å². The quantitative estimate of drug-likeness (QED) is 0.846. The van der Waals surface area contributed by atoms with Crippen LogP contribution in [0.1, 0.15) is 4.88 Å². The van der Waals surface area contributed by atoms with Crippen molar-refractivity contribution in [2.75, 3.05) is 11.2 Å². The van der Waals surface area contributed by atoms with Crippen LogP contribution >= 0.6 is 38.9 Å².